The molecule has 0 fully saturated rings. The Balaban J connectivity index is 2.81. The largest absolute Gasteiger partial charge is 0.372 e. The summed E-state index contributed by atoms with van der Waals surface area (Å²) in [6.07, 6.45) is 0.955. The van der Waals surface area contributed by atoms with Crippen LogP contribution in [0.2, 0.25) is 10.0 Å². The van der Waals surface area contributed by atoms with Crippen molar-refractivity contribution in [2.75, 3.05) is 18.5 Å². The van der Waals surface area contributed by atoms with Gasteiger partial charge in [0, 0.05) is 18.8 Å². The maximum atomic E-state index is 5.96. The van der Waals surface area contributed by atoms with Crippen molar-refractivity contribution < 1.29 is 0 Å². The molecular formula is C11H16Cl2N2. The van der Waals surface area contributed by atoms with E-state index in [9.17, 15) is 0 Å². The summed E-state index contributed by atoms with van der Waals surface area (Å²) in [5.74, 6) is 0. The predicted molar refractivity (Wildman–Crippen MR) is 68.0 cm³/mol. The topological polar surface area (TPSA) is 29.3 Å². The molecule has 0 bridgehead atoms. The maximum absolute atomic E-state index is 5.96. The lowest BCUT2D eigenvalue weighted by Crippen LogP contribution is -2.30. The predicted octanol–water partition coefficient (Wildman–Crippen LogP) is 3.17. The number of halogens is 2. The monoisotopic (exact) mass is 246 g/mol. The van der Waals surface area contributed by atoms with Gasteiger partial charge in [-0.25, -0.2) is 0 Å². The van der Waals surface area contributed by atoms with Crippen LogP contribution in [0.25, 0.3) is 0 Å². The minimum absolute atomic E-state index is 0.396. The van der Waals surface area contributed by atoms with E-state index in [0.717, 1.165) is 12.1 Å². The molecule has 4 heteroatoms. The van der Waals surface area contributed by atoms with Crippen LogP contribution in [0.1, 0.15) is 13.3 Å². The average Bonchev–Trinajstić information content (AvgIpc) is 2.21. The lowest BCUT2D eigenvalue weighted by atomic mass is 10.2. The fraction of sp³-hybridized carbons (Fsp3) is 0.455. The fourth-order valence-electron chi connectivity index (χ4n) is 1.39. The SMILES string of the molecule is CC(CCN)N(C)c1ccc(Cl)c(Cl)c1. The number of anilines is 1. The number of benzene rings is 1. The zero-order valence-corrected chi connectivity index (χ0v) is 10.5. The highest BCUT2D eigenvalue weighted by atomic mass is 35.5. The molecule has 0 spiro atoms. The second kappa shape index (κ2) is 5.59. The summed E-state index contributed by atoms with van der Waals surface area (Å²) >= 11 is 11.8. The van der Waals surface area contributed by atoms with Gasteiger partial charge in [0.15, 0.2) is 0 Å². The van der Waals surface area contributed by atoms with Crippen molar-refractivity contribution in [3.63, 3.8) is 0 Å². The summed E-state index contributed by atoms with van der Waals surface area (Å²) in [5.41, 5.74) is 6.59. The molecule has 0 aliphatic heterocycles. The van der Waals surface area contributed by atoms with Crippen LogP contribution in [-0.4, -0.2) is 19.6 Å². The van der Waals surface area contributed by atoms with Gasteiger partial charge in [0.25, 0.3) is 0 Å². The van der Waals surface area contributed by atoms with E-state index in [1.54, 1.807) is 0 Å². The standard InChI is InChI=1S/C11H16Cl2N2/c1-8(5-6-14)15(2)9-3-4-10(12)11(13)7-9/h3-4,7-8H,5-6,14H2,1-2H3. The van der Waals surface area contributed by atoms with Gasteiger partial charge in [-0.2, -0.15) is 0 Å². The molecule has 2 nitrogen and oxygen atoms in total. The van der Waals surface area contributed by atoms with Crippen molar-refractivity contribution in [1.82, 2.24) is 0 Å². The van der Waals surface area contributed by atoms with E-state index in [1.165, 1.54) is 0 Å². The van der Waals surface area contributed by atoms with E-state index in [-0.39, 0.29) is 0 Å². The Kier molecular flexibility index (Phi) is 4.71. The Labute approximate surface area is 101 Å². The fourth-order valence-corrected chi connectivity index (χ4v) is 1.69. The van der Waals surface area contributed by atoms with E-state index >= 15 is 0 Å². The maximum Gasteiger partial charge on any atom is 0.0612 e. The lowest BCUT2D eigenvalue weighted by molar-refractivity contribution is 0.635. The Bertz CT molecular complexity index is 328. The molecule has 0 aliphatic carbocycles. The highest BCUT2D eigenvalue weighted by Crippen LogP contribution is 2.27. The lowest BCUT2D eigenvalue weighted by Gasteiger charge is -2.27. The third-order valence-electron chi connectivity index (χ3n) is 2.56. The number of rotatable bonds is 4. The van der Waals surface area contributed by atoms with Gasteiger partial charge in [-0.15, -0.1) is 0 Å². The van der Waals surface area contributed by atoms with Crippen LogP contribution < -0.4 is 10.6 Å². The molecule has 0 heterocycles. The Morgan fingerprint density at radius 2 is 2.00 bits per heavy atom. The first-order chi connectivity index (χ1) is 7.06. The van der Waals surface area contributed by atoms with Crippen LogP contribution in [0.3, 0.4) is 0 Å². The van der Waals surface area contributed by atoms with Crippen LogP contribution >= 0.6 is 23.2 Å². The second-order valence-electron chi connectivity index (χ2n) is 3.64. The molecular weight excluding hydrogens is 231 g/mol. The van der Waals surface area contributed by atoms with Gasteiger partial charge in [0.05, 0.1) is 10.0 Å². The molecule has 1 aromatic carbocycles. The molecule has 1 unspecified atom stereocenters. The Morgan fingerprint density at radius 1 is 1.33 bits per heavy atom. The van der Waals surface area contributed by atoms with Gasteiger partial charge in [-0.1, -0.05) is 23.2 Å². The number of nitrogens with zero attached hydrogens (tertiary/aromatic N) is 1. The normalized spacial score (nSPS) is 12.6. The molecule has 1 aromatic rings. The number of hydrogen-bond donors (Lipinski definition) is 1. The molecule has 15 heavy (non-hydrogen) atoms. The smallest absolute Gasteiger partial charge is 0.0612 e. The zero-order valence-electron chi connectivity index (χ0n) is 9.00. The molecule has 1 rings (SSSR count). The van der Waals surface area contributed by atoms with Crippen molar-refractivity contribution in [3.05, 3.63) is 28.2 Å². The summed E-state index contributed by atoms with van der Waals surface area (Å²) < 4.78 is 0. The van der Waals surface area contributed by atoms with Gasteiger partial charge in [0.1, 0.15) is 0 Å². The average molecular weight is 247 g/mol. The number of hydrogen-bond acceptors (Lipinski definition) is 2. The van der Waals surface area contributed by atoms with Crippen LogP contribution in [0.5, 0.6) is 0 Å². The van der Waals surface area contributed by atoms with Crippen molar-refractivity contribution in [2.45, 2.75) is 19.4 Å². The van der Waals surface area contributed by atoms with Gasteiger partial charge in [-0.05, 0) is 38.1 Å². The highest BCUT2D eigenvalue weighted by molar-refractivity contribution is 6.42. The summed E-state index contributed by atoms with van der Waals surface area (Å²) in [5, 5.41) is 1.17. The third-order valence-corrected chi connectivity index (χ3v) is 3.30. The van der Waals surface area contributed by atoms with Gasteiger partial charge < -0.3 is 10.6 Å². The van der Waals surface area contributed by atoms with Gasteiger partial charge in [0.2, 0.25) is 0 Å². The molecule has 0 saturated carbocycles. The first kappa shape index (κ1) is 12.6. The van der Waals surface area contributed by atoms with Crippen LogP contribution in [0.15, 0.2) is 18.2 Å². The summed E-state index contributed by atoms with van der Waals surface area (Å²) in [6.45, 7) is 2.82. The highest BCUT2D eigenvalue weighted by Gasteiger charge is 2.10. The minimum Gasteiger partial charge on any atom is -0.372 e. The number of nitrogens with two attached hydrogens (primary N) is 1. The molecule has 2 N–H and O–H groups in total. The van der Waals surface area contributed by atoms with E-state index < -0.39 is 0 Å². The van der Waals surface area contributed by atoms with Crippen molar-refractivity contribution in [2.24, 2.45) is 5.73 Å². The minimum atomic E-state index is 0.396. The second-order valence-corrected chi connectivity index (χ2v) is 4.45. The van der Waals surface area contributed by atoms with E-state index in [2.05, 4.69) is 11.8 Å². The Hall–Kier alpha value is -0.440. The summed E-state index contributed by atoms with van der Waals surface area (Å²) in [4.78, 5) is 2.15. The zero-order chi connectivity index (χ0) is 11.4. The van der Waals surface area contributed by atoms with Crippen molar-refractivity contribution in [1.29, 1.82) is 0 Å². The van der Waals surface area contributed by atoms with Gasteiger partial charge >= 0.3 is 0 Å². The third kappa shape index (κ3) is 3.26. The van der Waals surface area contributed by atoms with E-state index in [0.29, 0.717) is 22.6 Å². The summed E-state index contributed by atoms with van der Waals surface area (Å²) in [7, 11) is 2.03. The molecule has 0 amide bonds. The first-order valence-electron chi connectivity index (χ1n) is 4.94. The van der Waals surface area contributed by atoms with Gasteiger partial charge in [-0.3, -0.25) is 0 Å². The molecule has 1 atom stereocenters. The molecule has 0 aliphatic rings. The quantitative estimate of drug-likeness (QED) is 0.885. The van der Waals surface area contributed by atoms with Crippen molar-refractivity contribution >= 4 is 28.9 Å². The van der Waals surface area contributed by atoms with Crippen LogP contribution in [0, 0.1) is 0 Å². The molecule has 84 valence electrons. The Morgan fingerprint density at radius 3 is 2.53 bits per heavy atom. The van der Waals surface area contributed by atoms with Crippen LogP contribution in [0.4, 0.5) is 5.69 Å². The molecule has 0 saturated heterocycles. The molecule has 0 radical (unpaired) electrons. The first-order valence-corrected chi connectivity index (χ1v) is 5.69. The van der Waals surface area contributed by atoms with Crippen LogP contribution in [-0.2, 0) is 0 Å². The van der Waals surface area contributed by atoms with Crippen molar-refractivity contribution in [3.8, 4) is 0 Å². The van der Waals surface area contributed by atoms with E-state index in [1.807, 2.05) is 25.2 Å². The van der Waals surface area contributed by atoms with E-state index in [4.69, 9.17) is 28.9 Å². The molecule has 0 aromatic heterocycles. The summed E-state index contributed by atoms with van der Waals surface area (Å²) in [6, 6.07) is 6.04.